The lowest BCUT2D eigenvalue weighted by atomic mass is 9.82. The zero-order valence-electron chi connectivity index (χ0n) is 11.3. The van der Waals surface area contributed by atoms with Crippen LogP contribution in [0.4, 0.5) is 17.6 Å². The molecule has 116 valence electrons. The number of rotatable bonds is 3. The normalized spacial score (nSPS) is 21.8. The third kappa shape index (κ3) is 3.53. The molecule has 0 saturated heterocycles. The van der Waals surface area contributed by atoms with E-state index in [9.17, 15) is 27.5 Å². The Labute approximate surface area is 119 Å². The molecular formula is C14H15F4NO2. The highest BCUT2D eigenvalue weighted by Gasteiger charge is 2.35. The van der Waals surface area contributed by atoms with Crippen LogP contribution in [-0.4, -0.2) is 35.6 Å². The van der Waals surface area contributed by atoms with E-state index in [1.165, 1.54) is 11.9 Å². The molecule has 1 aromatic carbocycles. The third-order valence-electron chi connectivity index (χ3n) is 3.61. The molecule has 0 spiro atoms. The van der Waals surface area contributed by atoms with Gasteiger partial charge in [0.15, 0.2) is 0 Å². The zero-order chi connectivity index (χ0) is 15.8. The Morgan fingerprint density at radius 2 is 2.00 bits per heavy atom. The summed E-state index contributed by atoms with van der Waals surface area (Å²) in [6, 6.07) is 2.22. The minimum atomic E-state index is -4.84. The van der Waals surface area contributed by atoms with Crippen LogP contribution in [0.5, 0.6) is 0 Å². The van der Waals surface area contributed by atoms with Gasteiger partial charge in [-0.1, -0.05) is 0 Å². The molecule has 0 bridgehead atoms. The molecule has 3 nitrogen and oxygen atoms in total. The molecule has 1 saturated carbocycles. The number of alkyl halides is 3. The number of aliphatic hydroxyl groups excluding tert-OH is 1. The van der Waals surface area contributed by atoms with Crippen LogP contribution in [0.1, 0.15) is 28.8 Å². The summed E-state index contributed by atoms with van der Waals surface area (Å²) in [6.45, 7) is 0.356. The van der Waals surface area contributed by atoms with Gasteiger partial charge in [-0.05, 0) is 37.0 Å². The Hall–Kier alpha value is -1.63. The first-order chi connectivity index (χ1) is 9.68. The van der Waals surface area contributed by atoms with Crippen molar-refractivity contribution in [1.82, 2.24) is 4.90 Å². The summed E-state index contributed by atoms with van der Waals surface area (Å²) >= 11 is 0. The highest BCUT2D eigenvalue weighted by molar-refractivity contribution is 5.94. The first kappa shape index (κ1) is 15.8. The van der Waals surface area contributed by atoms with Crippen molar-refractivity contribution in [3.05, 3.63) is 35.1 Å². The van der Waals surface area contributed by atoms with E-state index in [0.717, 1.165) is 6.07 Å². The number of carbonyl (C=O) groups excluding carboxylic acids is 1. The largest absolute Gasteiger partial charge is 0.419 e. The van der Waals surface area contributed by atoms with Gasteiger partial charge in [-0.3, -0.25) is 4.79 Å². The smallest absolute Gasteiger partial charge is 0.393 e. The van der Waals surface area contributed by atoms with Crippen LogP contribution in [0.3, 0.4) is 0 Å². The van der Waals surface area contributed by atoms with Crippen LogP contribution in [0.15, 0.2) is 18.2 Å². The van der Waals surface area contributed by atoms with E-state index in [-0.39, 0.29) is 17.6 Å². The van der Waals surface area contributed by atoms with E-state index < -0.39 is 23.5 Å². The lowest BCUT2D eigenvalue weighted by Crippen LogP contribution is -2.39. The summed E-state index contributed by atoms with van der Waals surface area (Å²) in [7, 11) is 1.48. The number of amides is 1. The van der Waals surface area contributed by atoms with Crippen molar-refractivity contribution in [2.45, 2.75) is 25.1 Å². The van der Waals surface area contributed by atoms with Crippen molar-refractivity contribution in [2.75, 3.05) is 13.6 Å². The second-order valence-corrected chi connectivity index (χ2v) is 5.37. The van der Waals surface area contributed by atoms with Crippen molar-refractivity contribution in [3.8, 4) is 0 Å². The molecule has 1 aliphatic rings. The van der Waals surface area contributed by atoms with Gasteiger partial charge >= 0.3 is 6.18 Å². The van der Waals surface area contributed by atoms with Gasteiger partial charge in [-0.15, -0.1) is 0 Å². The van der Waals surface area contributed by atoms with E-state index in [1.807, 2.05) is 0 Å². The van der Waals surface area contributed by atoms with Crippen molar-refractivity contribution < 1.29 is 27.5 Å². The molecule has 1 amide bonds. The summed E-state index contributed by atoms with van der Waals surface area (Å²) in [4.78, 5) is 13.4. The fourth-order valence-electron chi connectivity index (χ4n) is 2.42. The second kappa shape index (κ2) is 5.63. The molecule has 1 aromatic rings. The summed E-state index contributed by atoms with van der Waals surface area (Å²) in [5.41, 5.74) is -1.65. The van der Waals surface area contributed by atoms with Gasteiger partial charge in [0, 0.05) is 19.2 Å². The van der Waals surface area contributed by atoms with Gasteiger partial charge in [0.05, 0.1) is 11.7 Å². The number of halogens is 4. The molecule has 7 heteroatoms. The second-order valence-electron chi connectivity index (χ2n) is 5.37. The molecule has 21 heavy (non-hydrogen) atoms. The van der Waals surface area contributed by atoms with Crippen LogP contribution < -0.4 is 0 Å². The van der Waals surface area contributed by atoms with Crippen LogP contribution in [0.25, 0.3) is 0 Å². The predicted octanol–water partition coefficient (Wildman–Crippen LogP) is 2.69. The predicted molar refractivity (Wildman–Crippen MR) is 67.1 cm³/mol. The number of hydrogen-bond acceptors (Lipinski definition) is 2. The maximum atomic E-state index is 13.2. The van der Waals surface area contributed by atoms with Gasteiger partial charge in [-0.2, -0.15) is 13.2 Å². The Balaban J connectivity index is 2.12. The molecule has 2 rings (SSSR count). The van der Waals surface area contributed by atoms with E-state index in [1.54, 1.807) is 0 Å². The van der Waals surface area contributed by atoms with E-state index in [0.29, 0.717) is 31.5 Å². The molecule has 0 radical (unpaired) electrons. The molecule has 1 N–H and O–H groups in total. The number of nitrogens with zero attached hydrogens (tertiary/aromatic N) is 1. The number of benzene rings is 1. The van der Waals surface area contributed by atoms with Crippen LogP contribution in [0, 0.1) is 11.7 Å². The zero-order valence-corrected chi connectivity index (χ0v) is 11.3. The van der Waals surface area contributed by atoms with Crippen molar-refractivity contribution in [2.24, 2.45) is 5.92 Å². The Morgan fingerprint density at radius 3 is 2.52 bits per heavy atom. The summed E-state index contributed by atoms with van der Waals surface area (Å²) in [6.07, 6.45) is -4.04. The average molecular weight is 305 g/mol. The van der Waals surface area contributed by atoms with Crippen LogP contribution in [0.2, 0.25) is 0 Å². The molecule has 0 heterocycles. The van der Waals surface area contributed by atoms with Crippen LogP contribution in [-0.2, 0) is 6.18 Å². The van der Waals surface area contributed by atoms with Gasteiger partial charge < -0.3 is 10.0 Å². The van der Waals surface area contributed by atoms with Crippen molar-refractivity contribution in [1.29, 1.82) is 0 Å². The highest BCUT2D eigenvalue weighted by atomic mass is 19.4. The van der Waals surface area contributed by atoms with Gasteiger partial charge in [0.25, 0.3) is 5.91 Å². The quantitative estimate of drug-likeness (QED) is 0.872. The number of aliphatic hydroxyl groups is 1. The first-order valence-corrected chi connectivity index (χ1v) is 6.48. The Morgan fingerprint density at radius 1 is 1.38 bits per heavy atom. The van der Waals surface area contributed by atoms with E-state index in [2.05, 4.69) is 0 Å². The summed E-state index contributed by atoms with van der Waals surface area (Å²) < 4.78 is 51.0. The van der Waals surface area contributed by atoms with Gasteiger partial charge in [0.1, 0.15) is 5.82 Å². The van der Waals surface area contributed by atoms with Gasteiger partial charge in [-0.25, -0.2) is 4.39 Å². The maximum absolute atomic E-state index is 13.2. The van der Waals surface area contributed by atoms with Crippen molar-refractivity contribution >= 4 is 5.91 Å². The molecule has 0 aromatic heterocycles. The first-order valence-electron chi connectivity index (χ1n) is 6.48. The molecule has 0 unspecified atom stereocenters. The molecule has 0 aliphatic heterocycles. The van der Waals surface area contributed by atoms with Gasteiger partial charge in [0.2, 0.25) is 0 Å². The Bertz CT molecular complexity index is 538. The highest BCUT2D eigenvalue weighted by Crippen LogP contribution is 2.32. The Kier molecular flexibility index (Phi) is 4.22. The lowest BCUT2D eigenvalue weighted by Gasteiger charge is -2.34. The van der Waals surface area contributed by atoms with E-state index in [4.69, 9.17) is 0 Å². The molecule has 1 fully saturated rings. The standard InChI is InChI=1S/C14H15F4NO2/c1-19(7-8-4-10(20)5-8)13(21)9-2-3-12(15)11(6-9)14(16,17)18/h2-3,6,8,10,20H,4-5,7H2,1H3. The van der Waals surface area contributed by atoms with E-state index >= 15 is 0 Å². The topological polar surface area (TPSA) is 40.5 Å². The fourth-order valence-corrected chi connectivity index (χ4v) is 2.42. The molecule has 0 atom stereocenters. The third-order valence-corrected chi connectivity index (χ3v) is 3.61. The average Bonchev–Trinajstić information content (AvgIpc) is 2.35. The fraction of sp³-hybridized carbons (Fsp3) is 0.500. The van der Waals surface area contributed by atoms with Crippen molar-refractivity contribution in [3.63, 3.8) is 0 Å². The minimum absolute atomic E-state index is 0.150. The molecule has 1 aliphatic carbocycles. The summed E-state index contributed by atoms with van der Waals surface area (Å²) in [5.74, 6) is -1.85. The minimum Gasteiger partial charge on any atom is -0.393 e. The summed E-state index contributed by atoms with van der Waals surface area (Å²) in [5, 5.41) is 9.17. The maximum Gasteiger partial charge on any atom is 0.419 e. The van der Waals surface area contributed by atoms with Crippen LogP contribution >= 0.6 is 0 Å². The number of carbonyl (C=O) groups is 1. The lowest BCUT2D eigenvalue weighted by molar-refractivity contribution is -0.140. The number of hydrogen-bond donors (Lipinski definition) is 1. The SMILES string of the molecule is CN(CC1CC(O)C1)C(=O)c1ccc(F)c(C(F)(F)F)c1. The monoisotopic (exact) mass is 305 g/mol. The molecular weight excluding hydrogens is 290 g/mol.